The summed E-state index contributed by atoms with van der Waals surface area (Å²) in [5, 5.41) is 7.08. The van der Waals surface area contributed by atoms with E-state index in [0.717, 1.165) is 27.0 Å². The Balaban J connectivity index is 0.842. The molecule has 0 radical (unpaired) electrons. The largest absolute Gasteiger partial charge is 0.407 e. The SMILES string of the molecule is C=C[C@H](O[Si](C)(C)C(C)(C)C)[C@@H](O[C@H]1C=C[C@H]2O[C@H]3[C@H](OCc4ccc5ccccc5c4)[C@H]4O[C@@H](/C=C/[C@@H](COCc5ccc6ccccc6c5)OCc5ccc6ccccc6c5)C=CC[C@@H]4O[C@@H]3C[C@@H]2O[C@@H]1C=C)Sc1ccccc1. The van der Waals surface area contributed by atoms with Gasteiger partial charge in [-0.1, -0.05) is 209 Å². The van der Waals surface area contributed by atoms with Crippen LogP contribution in [0.3, 0.4) is 0 Å². The highest BCUT2D eigenvalue weighted by molar-refractivity contribution is 7.99. The molecule has 426 valence electrons. The van der Waals surface area contributed by atoms with Gasteiger partial charge in [-0.2, -0.15) is 0 Å². The molecule has 7 aromatic carbocycles. The first kappa shape index (κ1) is 58.0. The first-order chi connectivity index (χ1) is 39.9. The topological polar surface area (TPSA) is 83.1 Å². The average Bonchev–Trinajstić information content (AvgIpc) is 3.95. The third-order valence-corrected chi connectivity index (χ3v) is 22.3. The molecule has 13 atom stereocenters. The molecule has 4 aliphatic heterocycles. The number of fused-ring (bicyclic) bond motifs is 6. The summed E-state index contributed by atoms with van der Waals surface area (Å²) in [6.45, 7) is 21.4. The van der Waals surface area contributed by atoms with Crippen LogP contribution in [0.1, 0.15) is 50.3 Å². The van der Waals surface area contributed by atoms with Crippen LogP contribution in [0, 0.1) is 0 Å². The normalized spacial score (nSPS) is 25.9. The molecule has 0 bridgehead atoms. The van der Waals surface area contributed by atoms with Gasteiger partial charge in [0.2, 0.25) is 0 Å². The number of ether oxygens (including phenoxy) is 8. The van der Waals surface area contributed by atoms with Gasteiger partial charge in [-0.15, -0.1) is 13.2 Å². The standard InChI is InChI=1S/C71H78O9SSi/c1-8-60-62(79-70(81-59-27-11-10-12-28-59)61(9-2)80-82(6,7)71(3,4)5)38-39-63-65(76-60)43-66-68(78-63)69(74-46-50-32-35-53-22-15-18-25-56(53)42-50)67-64(77-66)29-19-26-57(75-67)36-37-58(73-45-49-31-34-52-21-14-17-24-55(52)41-49)47-72-44-48-30-33-51-20-13-16-23-54(51)40-48/h8-28,30-42,57-58,60-70H,1-2,29,43-47H2,3-7H3/b37-36+/t57-,58+,60-,61+,62+,63-,64+,65+,66-,67+,68-,69-,70+/m1/s1. The van der Waals surface area contributed by atoms with Crippen LogP contribution in [0.15, 0.2) is 224 Å². The van der Waals surface area contributed by atoms with Gasteiger partial charge in [0.15, 0.2) is 8.32 Å². The van der Waals surface area contributed by atoms with Crippen molar-refractivity contribution in [3.63, 3.8) is 0 Å². The summed E-state index contributed by atoms with van der Waals surface area (Å²) >= 11 is 1.63. The lowest BCUT2D eigenvalue weighted by molar-refractivity contribution is -0.297. The van der Waals surface area contributed by atoms with Crippen molar-refractivity contribution in [1.29, 1.82) is 0 Å². The molecule has 2 fully saturated rings. The van der Waals surface area contributed by atoms with Crippen LogP contribution < -0.4 is 0 Å². The molecule has 0 unspecified atom stereocenters. The molecule has 7 aromatic rings. The van der Waals surface area contributed by atoms with Gasteiger partial charge < -0.3 is 42.3 Å². The summed E-state index contributed by atoms with van der Waals surface area (Å²) in [6, 6.07) is 55.0. The highest BCUT2D eigenvalue weighted by Crippen LogP contribution is 2.43. The molecule has 4 aliphatic rings. The minimum absolute atomic E-state index is 0.0178. The van der Waals surface area contributed by atoms with Crippen LogP contribution in [0.4, 0.5) is 0 Å². The summed E-state index contributed by atoms with van der Waals surface area (Å²) < 4.78 is 63.1. The smallest absolute Gasteiger partial charge is 0.193 e. The zero-order valence-corrected chi connectivity index (χ0v) is 49.7. The molecule has 0 amide bonds. The Hall–Kier alpha value is -5.77. The summed E-state index contributed by atoms with van der Waals surface area (Å²) in [7, 11) is -2.25. The monoisotopic (exact) mass is 1130 g/mol. The third kappa shape index (κ3) is 14.1. The maximum atomic E-state index is 7.24. The number of hydrogen-bond acceptors (Lipinski definition) is 10. The predicted molar refractivity (Wildman–Crippen MR) is 333 cm³/mol. The van der Waals surface area contributed by atoms with Crippen LogP contribution in [-0.2, 0) is 62.1 Å². The lowest BCUT2D eigenvalue weighted by Crippen LogP contribution is -2.64. The number of thioether (sulfide) groups is 1. The minimum Gasteiger partial charge on any atom is -0.407 e. The fraction of sp³-hybridized carbons (Fsp3) is 0.352. The molecule has 0 saturated carbocycles. The fourth-order valence-corrected chi connectivity index (χ4v) is 13.6. The molecular weight excluding hydrogens is 1060 g/mol. The second kappa shape index (κ2) is 26.4. The van der Waals surface area contributed by atoms with E-state index in [2.05, 4.69) is 223 Å². The Bertz CT molecular complexity index is 3370. The van der Waals surface area contributed by atoms with Gasteiger partial charge in [0, 0.05) is 11.3 Å². The molecule has 11 heteroatoms. The van der Waals surface area contributed by atoms with E-state index >= 15 is 0 Å². The Morgan fingerprint density at radius 3 is 1.85 bits per heavy atom. The minimum atomic E-state index is -2.25. The second-order valence-electron chi connectivity index (χ2n) is 23.6. The molecule has 0 aliphatic carbocycles. The van der Waals surface area contributed by atoms with Crippen molar-refractivity contribution < 1.29 is 42.3 Å². The maximum absolute atomic E-state index is 7.24. The van der Waals surface area contributed by atoms with Crippen molar-refractivity contribution in [3.05, 3.63) is 236 Å². The highest BCUT2D eigenvalue weighted by atomic mass is 32.2. The van der Waals surface area contributed by atoms with Crippen molar-refractivity contribution in [1.82, 2.24) is 0 Å². The van der Waals surface area contributed by atoms with E-state index in [9.17, 15) is 0 Å². The molecule has 2 saturated heterocycles. The van der Waals surface area contributed by atoms with E-state index in [4.69, 9.17) is 42.3 Å². The van der Waals surface area contributed by atoms with E-state index in [1.165, 1.54) is 26.9 Å². The van der Waals surface area contributed by atoms with Crippen LogP contribution in [0.25, 0.3) is 32.3 Å². The molecule has 9 nitrogen and oxygen atoms in total. The van der Waals surface area contributed by atoms with Crippen molar-refractivity contribution >= 4 is 52.4 Å². The fourth-order valence-electron chi connectivity index (χ4n) is 11.2. The maximum Gasteiger partial charge on any atom is 0.193 e. The van der Waals surface area contributed by atoms with Crippen LogP contribution in [0.2, 0.25) is 18.1 Å². The van der Waals surface area contributed by atoms with Gasteiger partial charge in [-0.3, -0.25) is 0 Å². The van der Waals surface area contributed by atoms with E-state index in [0.29, 0.717) is 39.3 Å². The molecule has 82 heavy (non-hydrogen) atoms. The van der Waals surface area contributed by atoms with Gasteiger partial charge in [0.25, 0.3) is 0 Å². The zero-order chi connectivity index (χ0) is 56.6. The van der Waals surface area contributed by atoms with Crippen molar-refractivity contribution in [2.45, 2.75) is 155 Å². The molecule has 4 heterocycles. The van der Waals surface area contributed by atoms with Gasteiger partial charge in [-0.05, 0) is 104 Å². The zero-order valence-electron chi connectivity index (χ0n) is 47.9. The molecule has 0 aromatic heterocycles. The Morgan fingerprint density at radius 2 is 1.23 bits per heavy atom. The van der Waals surface area contributed by atoms with E-state index in [1.807, 2.05) is 30.4 Å². The number of hydrogen-bond donors (Lipinski definition) is 0. The predicted octanol–water partition coefficient (Wildman–Crippen LogP) is 15.6. The first-order valence-corrected chi connectivity index (χ1v) is 32.8. The van der Waals surface area contributed by atoms with E-state index in [-0.39, 0.29) is 29.5 Å². The first-order valence-electron chi connectivity index (χ1n) is 29.1. The average molecular weight is 1140 g/mol. The van der Waals surface area contributed by atoms with Crippen LogP contribution >= 0.6 is 11.8 Å². The van der Waals surface area contributed by atoms with E-state index in [1.54, 1.807) is 11.8 Å². The Labute approximate surface area is 490 Å². The summed E-state index contributed by atoms with van der Waals surface area (Å²) in [6.07, 6.45) is 12.5. The number of benzene rings is 7. The molecule has 0 N–H and O–H groups in total. The van der Waals surface area contributed by atoms with Gasteiger partial charge in [-0.25, -0.2) is 0 Å². The second-order valence-corrected chi connectivity index (χ2v) is 29.5. The van der Waals surface area contributed by atoms with Crippen molar-refractivity contribution in [3.8, 4) is 0 Å². The van der Waals surface area contributed by atoms with Gasteiger partial charge in [0.05, 0.1) is 63.1 Å². The summed E-state index contributed by atoms with van der Waals surface area (Å²) in [4.78, 5) is 1.07. The highest BCUT2D eigenvalue weighted by Gasteiger charge is 2.54. The molecule has 11 rings (SSSR count). The van der Waals surface area contributed by atoms with Crippen LogP contribution in [0.5, 0.6) is 0 Å². The number of rotatable bonds is 21. The van der Waals surface area contributed by atoms with Crippen molar-refractivity contribution in [2.75, 3.05) is 6.61 Å². The van der Waals surface area contributed by atoms with Gasteiger partial charge in [0.1, 0.15) is 42.1 Å². The Kier molecular flexibility index (Phi) is 18.7. The van der Waals surface area contributed by atoms with Crippen LogP contribution in [-0.4, -0.2) is 93.6 Å². The Morgan fingerprint density at radius 1 is 0.634 bits per heavy atom. The lowest BCUT2D eigenvalue weighted by Gasteiger charge is -2.51. The van der Waals surface area contributed by atoms with Crippen molar-refractivity contribution in [2.24, 2.45) is 0 Å². The molecule has 0 spiro atoms. The van der Waals surface area contributed by atoms with Gasteiger partial charge >= 0.3 is 0 Å². The quantitative estimate of drug-likeness (QED) is 0.0300. The molecular formula is C71H78O9SSi. The third-order valence-electron chi connectivity index (χ3n) is 16.7. The lowest BCUT2D eigenvalue weighted by atomic mass is 9.87. The van der Waals surface area contributed by atoms with E-state index < -0.39 is 62.6 Å². The summed E-state index contributed by atoms with van der Waals surface area (Å²) in [5.74, 6) is 0. The summed E-state index contributed by atoms with van der Waals surface area (Å²) in [5.41, 5.74) is 2.82.